The zero-order valence-corrected chi connectivity index (χ0v) is 23.2. The van der Waals surface area contributed by atoms with Crippen LogP contribution < -0.4 is 10.6 Å². The molecule has 1 aliphatic heterocycles. The predicted molar refractivity (Wildman–Crippen MR) is 143 cm³/mol. The zero-order chi connectivity index (χ0) is 30.8. The van der Waals surface area contributed by atoms with Crippen LogP contribution in [0.15, 0.2) is 54.2 Å². The number of alkyl halides is 6. The van der Waals surface area contributed by atoms with Gasteiger partial charge in [-0.2, -0.15) is 31.4 Å². The number of anilines is 1. The second kappa shape index (κ2) is 12.2. The number of methoxy groups -OCH3 is 1. The summed E-state index contributed by atoms with van der Waals surface area (Å²) < 4.78 is 88.5. The van der Waals surface area contributed by atoms with Gasteiger partial charge in [0.1, 0.15) is 5.84 Å². The highest BCUT2D eigenvalue weighted by Gasteiger charge is 2.40. The fourth-order valence-electron chi connectivity index (χ4n) is 4.82. The third-order valence-electron chi connectivity index (χ3n) is 6.79. The van der Waals surface area contributed by atoms with Crippen molar-refractivity contribution < 1.29 is 31.1 Å². The number of nitrogens with zero attached hydrogens (tertiary/aromatic N) is 6. The fourth-order valence-corrected chi connectivity index (χ4v) is 4.93. The van der Waals surface area contributed by atoms with Crippen molar-refractivity contribution in [1.29, 1.82) is 5.41 Å². The van der Waals surface area contributed by atoms with Gasteiger partial charge in [-0.1, -0.05) is 11.6 Å². The highest BCUT2D eigenvalue weighted by atomic mass is 35.5. The minimum absolute atomic E-state index is 0.0342. The van der Waals surface area contributed by atoms with Crippen molar-refractivity contribution in [2.75, 3.05) is 25.2 Å². The Morgan fingerprint density at radius 2 is 1.71 bits per heavy atom. The number of amidine groups is 1. The molecule has 16 heteroatoms. The van der Waals surface area contributed by atoms with Crippen LogP contribution in [0.1, 0.15) is 23.1 Å². The van der Waals surface area contributed by atoms with E-state index in [1.807, 2.05) is 0 Å². The van der Waals surface area contributed by atoms with Crippen LogP contribution in [0.4, 0.5) is 32.3 Å². The summed E-state index contributed by atoms with van der Waals surface area (Å²) in [7, 11) is 3.20. The van der Waals surface area contributed by atoms with Gasteiger partial charge < -0.3 is 20.3 Å². The maximum Gasteiger partial charge on any atom is 0.416 e. The van der Waals surface area contributed by atoms with Gasteiger partial charge in [0, 0.05) is 63.2 Å². The minimum Gasteiger partial charge on any atom is -0.403 e. The molecular weight excluding hydrogens is 590 g/mol. The quantitative estimate of drug-likeness (QED) is 0.208. The molecule has 3 heterocycles. The van der Waals surface area contributed by atoms with Gasteiger partial charge in [0.25, 0.3) is 0 Å². The summed E-state index contributed by atoms with van der Waals surface area (Å²) in [5, 5.41) is 12.5. The number of benzene rings is 1. The molecule has 0 saturated carbocycles. The van der Waals surface area contributed by atoms with Crippen molar-refractivity contribution in [1.82, 2.24) is 24.6 Å². The molecule has 0 aliphatic carbocycles. The average Bonchev–Trinajstić information content (AvgIpc) is 3.56. The topological polar surface area (TPSA) is 109 Å². The highest BCUT2D eigenvalue weighted by Crippen LogP contribution is 2.37. The van der Waals surface area contributed by atoms with Crippen LogP contribution in [0, 0.1) is 5.41 Å². The van der Waals surface area contributed by atoms with Gasteiger partial charge in [-0.25, -0.2) is 9.97 Å². The molecular formula is C26H27ClF6N8O. The van der Waals surface area contributed by atoms with Crippen molar-refractivity contribution in [3.63, 3.8) is 0 Å². The Morgan fingerprint density at radius 1 is 1.10 bits per heavy atom. The summed E-state index contributed by atoms with van der Waals surface area (Å²) in [4.78, 5) is 12.0. The van der Waals surface area contributed by atoms with Gasteiger partial charge in [0.2, 0.25) is 5.95 Å². The van der Waals surface area contributed by atoms with Gasteiger partial charge in [-0.3, -0.25) is 10.1 Å². The molecule has 42 heavy (non-hydrogen) atoms. The van der Waals surface area contributed by atoms with E-state index in [0.717, 1.165) is 6.20 Å². The van der Waals surface area contributed by atoms with E-state index in [1.165, 1.54) is 24.4 Å². The Balaban J connectivity index is 1.77. The average molecular weight is 617 g/mol. The Kier molecular flexibility index (Phi) is 9.01. The number of nitrogens with one attached hydrogen (secondary N) is 1. The molecule has 9 nitrogen and oxygen atoms in total. The number of aryl methyl sites for hydroxylation is 1. The van der Waals surface area contributed by atoms with E-state index >= 15 is 0 Å². The van der Waals surface area contributed by atoms with E-state index in [2.05, 4.69) is 15.1 Å². The lowest BCUT2D eigenvalue weighted by atomic mass is 10.0. The molecule has 0 amide bonds. The second-order valence-electron chi connectivity index (χ2n) is 9.73. The fraction of sp³-hybridized carbons (Fsp3) is 0.385. The number of hydrogen-bond acceptors (Lipinski definition) is 7. The molecule has 1 aromatic carbocycles. The maximum atomic E-state index is 13.6. The van der Waals surface area contributed by atoms with Gasteiger partial charge in [0.15, 0.2) is 0 Å². The second-order valence-corrected chi connectivity index (χ2v) is 10.1. The molecule has 4 rings (SSSR count). The first-order chi connectivity index (χ1) is 19.7. The lowest BCUT2D eigenvalue weighted by Gasteiger charge is -2.30. The predicted octanol–water partition coefficient (Wildman–Crippen LogP) is 5.03. The molecule has 0 radical (unpaired) electrons. The molecule has 2 aromatic heterocycles. The monoisotopic (exact) mass is 616 g/mol. The van der Waals surface area contributed by atoms with Crippen molar-refractivity contribution in [2.45, 2.75) is 37.4 Å². The molecule has 0 bridgehead atoms. The molecule has 1 fully saturated rings. The first kappa shape index (κ1) is 31.1. The standard InChI is InChI=1S/C26H27ClF6N8O/c1-39-12-17(10-38-39)16-8-36-24(37-9-16)41(20-6-21(14-42-2)40(13-20)23(35)22(27)7-34)11-15-3-18(25(28,29)30)5-19(4-15)26(31,32)33/h3-5,7-10,12,20-21,35H,6,11,13-14,34H2,1-2H3/t20-,21?/m0/s1. The van der Waals surface area contributed by atoms with E-state index in [-0.39, 0.29) is 48.1 Å². The normalized spacial score (nSPS) is 18.0. The lowest BCUT2D eigenvalue weighted by molar-refractivity contribution is -0.143. The Labute approximate surface area is 242 Å². The van der Waals surface area contributed by atoms with Crippen LogP contribution >= 0.6 is 11.6 Å². The summed E-state index contributed by atoms with van der Waals surface area (Å²) >= 11 is 6.10. The third kappa shape index (κ3) is 6.95. The number of rotatable bonds is 8. The Bertz CT molecular complexity index is 1410. The number of nitrogens with two attached hydrogens (primary N) is 1. The minimum atomic E-state index is -5.00. The number of aromatic nitrogens is 4. The van der Waals surface area contributed by atoms with Crippen LogP contribution in [0.25, 0.3) is 11.1 Å². The van der Waals surface area contributed by atoms with Crippen LogP contribution in [0.5, 0.6) is 0 Å². The first-order valence-electron chi connectivity index (χ1n) is 12.5. The van der Waals surface area contributed by atoms with Gasteiger partial charge in [0.05, 0.1) is 41.0 Å². The lowest BCUT2D eigenvalue weighted by Crippen LogP contribution is -2.41. The largest absolute Gasteiger partial charge is 0.416 e. The molecule has 3 N–H and O–H groups in total. The van der Waals surface area contributed by atoms with Gasteiger partial charge in [-0.05, 0) is 30.2 Å². The van der Waals surface area contributed by atoms with Crippen LogP contribution in [0.3, 0.4) is 0 Å². The summed E-state index contributed by atoms with van der Waals surface area (Å²) in [5.74, 6) is -0.0291. The maximum absolute atomic E-state index is 13.6. The van der Waals surface area contributed by atoms with Gasteiger partial charge in [-0.15, -0.1) is 0 Å². The van der Waals surface area contributed by atoms with Crippen molar-refractivity contribution in [3.8, 4) is 11.1 Å². The molecule has 0 spiro atoms. The van der Waals surface area contributed by atoms with Crippen LogP contribution in [-0.4, -0.2) is 62.8 Å². The van der Waals surface area contributed by atoms with Crippen LogP contribution in [-0.2, 0) is 30.7 Å². The number of ether oxygens (including phenoxy) is 1. The number of halogens is 7. The highest BCUT2D eigenvalue weighted by molar-refractivity contribution is 6.42. The van der Waals surface area contributed by atoms with Gasteiger partial charge >= 0.3 is 12.4 Å². The van der Waals surface area contributed by atoms with E-state index in [9.17, 15) is 26.3 Å². The zero-order valence-electron chi connectivity index (χ0n) is 22.4. The van der Waals surface area contributed by atoms with Crippen molar-refractivity contribution in [3.05, 3.63) is 70.9 Å². The van der Waals surface area contributed by atoms with E-state index in [0.29, 0.717) is 29.7 Å². The SMILES string of the molecule is COCC1C[C@H](N(Cc2cc(C(F)(F)F)cc(C(F)(F)F)c2)c2ncc(-c3cnn(C)c3)cn2)CN1C(=N)C(Cl)=CN. The molecule has 226 valence electrons. The summed E-state index contributed by atoms with van der Waals surface area (Å²) in [6.07, 6.45) is -2.31. The van der Waals surface area contributed by atoms with Crippen molar-refractivity contribution >= 4 is 23.4 Å². The summed E-state index contributed by atoms with van der Waals surface area (Å²) in [6.45, 7) is -0.0923. The molecule has 1 aliphatic rings. The summed E-state index contributed by atoms with van der Waals surface area (Å²) in [5.41, 5.74) is 3.73. The smallest absolute Gasteiger partial charge is 0.403 e. The molecule has 1 unspecified atom stereocenters. The van der Waals surface area contributed by atoms with E-state index < -0.39 is 35.6 Å². The third-order valence-corrected chi connectivity index (χ3v) is 7.09. The first-order valence-corrected chi connectivity index (χ1v) is 12.9. The van der Waals surface area contributed by atoms with E-state index in [1.54, 1.807) is 29.0 Å². The molecule has 1 saturated heterocycles. The van der Waals surface area contributed by atoms with Crippen molar-refractivity contribution in [2.24, 2.45) is 12.8 Å². The van der Waals surface area contributed by atoms with Crippen LogP contribution in [0.2, 0.25) is 0 Å². The number of likely N-dealkylation sites (tertiary alicyclic amines) is 1. The Morgan fingerprint density at radius 3 is 2.21 bits per heavy atom. The molecule has 2 atom stereocenters. The summed E-state index contributed by atoms with van der Waals surface area (Å²) in [6, 6.07) is 0.497. The number of hydrogen-bond donors (Lipinski definition) is 2. The Hall–Kier alpha value is -3.85. The molecule has 3 aromatic rings. The van der Waals surface area contributed by atoms with E-state index in [4.69, 9.17) is 27.5 Å².